The number of nitrogens with zero attached hydrogens (tertiary/aromatic N) is 7. The minimum absolute atomic E-state index is 0.846. The van der Waals surface area contributed by atoms with Crippen LogP contribution in [0.25, 0.3) is 123 Å². The molecular formula is C67H49N7O. The Hall–Kier alpha value is -9.79. The van der Waals surface area contributed by atoms with Crippen LogP contribution in [0.1, 0.15) is 22.8 Å². The van der Waals surface area contributed by atoms with E-state index in [1.807, 2.05) is 73.2 Å². The number of rotatable bonds is 10. The normalized spacial score (nSPS) is 11.5. The van der Waals surface area contributed by atoms with Gasteiger partial charge in [0.2, 0.25) is 0 Å². The highest BCUT2D eigenvalue weighted by Gasteiger charge is 2.22. The second kappa shape index (κ2) is 18.7. The molecule has 75 heavy (non-hydrogen) atoms. The van der Waals surface area contributed by atoms with Crippen molar-refractivity contribution in [3.63, 3.8) is 0 Å². The average Bonchev–Trinajstić information content (AvgIpc) is 4.12. The van der Waals surface area contributed by atoms with Gasteiger partial charge in [0, 0.05) is 79.9 Å². The number of furan rings is 1. The van der Waals surface area contributed by atoms with E-state index in [2.05, 4.69) is 198 Å². The van der Waals surface area contributed by atoms with Crippen molar-refractivity contribution in [3.05, 3.63) is 248 Å². The van der Waals surface area contributed by atoms with Crippen LogP contribution in [0.2, 0.25) is 0 Å². The van der Waals surface area contributed by atoms with Crippen molar-refractivity contribution in [3.8, 4) is 101 Å². The lowest BCUT2D eigenvalue weighted by Crippen LogP contribution is -2.02. The zero-order chi connectivity index (χ0) is 50.6. The Morgan fingerprint density at radius 3 is 1.36 bits per heavy atom. The summed E-state index contributed by atoms with van der Waals surface area (Å²) < 4.78 is 10.8. The number of pyridine rings is 3. The van der Waals surface area contributed by atoms with E-state index in [1.165, 1.54) is 0 Å². The van der Waals surface area contributed by atoms with Crippen molar-refractivity contribution in [1.82, 2.24) is 34.1 Å². The third kappa shape index (κ3) is 8.28. The van der Waals surface area contributed by atoms with Crippen LogP contribution in [0, 0.1) is 27.7 Å². The van der Waals surface area contributed by atoms with Crippen LogP contribution >= 0.6 is 0 Å². The van der Waals surface area contributed by atoms with E-state index in [0.717, 1.165) is 146 Å². The Kier molecular flexibility index (Phi) is 11.2. The zero-order valence-electron chi connectivity index (χ0n) is 41.9. The molecule has 0 N–H and O–H groups in total. The average molecular weight is 968 g/mol. The molecule has 0 atom stereocenters. The lowest BCUT2D eigenvalue weighted by atomic mass is 9.91. The van der Waals surface area contributed by atoms with E-state index in [1.54, 1.807) is 0 Å². The van der Waals surface area contributed by atoms with Crippen LogP contribution in [-0.2, 0) is 0 Å². The number of hydrogen-bond donors (Lipinski definition) is 0. The summed E-state index contributed by atoms with van der Waals surface area (Å²) in [5, 5.41) is 2.24. The predicted molar refractivity (Wildman–Crippen MR) is 304 cm³/mol. The Balaban J connectivity index is 0.914. The molecule has 0 radical (unpaired) electrons. The van der Waals surface area contributed by atoms with Crippen molar-refractivity contribution in [2.24, 2.45) is 0 Å². The molecular weight excluding hydrogens is 919 g/mol. The number of imidazole rings is 2. The fourth-order valence-corrected chi connectivity index (χ4v) is 10.4. The minimum atomic E-state index is 0.846. The van der Waals surface area contributed by atoms with Crippen molar-refractivity contribution >= 4 is 21.9 Å². The molecule has 0 saturated carbocycles. The van der Waals surface area contributed by atoms with E-state index in [4.69, 9.17) is 19.4 Å². The number of aryl methyl sites for hydroxylation is 2. The minimum Gasteiger partial charge on any atom is -0.456 e. The van der Waals surface area contributed by atoms with Gasteiger partial charge >= 0.3 is 0 Å². The third-order valence-electron chi connectivity index (χ3n) is 14.5. The van der Waals surface area contributed by atoms with Crippen LogP contribution in [0.15, 0.2) is 229 Å². The summed E-state index contributed by atoms with van der Waals surface area (Å²) in [6.45, 7) is 8.46. The maximum Gasteiger partial charge on any atom is 0.145 e. The number of fused-ring (bicyclic) bond motifs is 3. The van der Waals surface area contributed by atoms with Gasteiger partial charge in [-0.15, -0.1) is 0 Å². The fraction of sp³-hybridized carbons (Fsp3) is 0.0597. The molecule has 358 valence electrons. The van der Waals surface area contributed by atoms with E-state index in [9.17, 15) is 0 Å². The SMILES string of the molecule is Cc1nc(-c2cc(-c3ccccc3-c3ccc(-c4cc(-c5ccc6c(c5)oc5ccccc56)ccn4)cc3)cc(-c3nc(C)c(C)n3-c3ccc(-c4ccccn4)cc3)c2)n(-c2ccc(-c3ccccn3)cc2)c1C. The zero-order valence-corrected chi connectivity index (χ0v) is 41.9. The van der Waals surface area contributed by atoms with Crippen molar-refractivity contribution < 1.29 is 4.42 Å². The Labute approximate surface area is 435 Å². The van der Waals surface area contributed by atoms with Gasteiger partial charge in [-0.05, 0) is 158 Å². The fourth-order valence-electron chi connectivity index (χ4n) is 10.4. The molecule has 6 aromatic heterocycles. The predicted octanol–water partition coefficient (Wildman–Crippen LogP) is 16.7. The number of benzene rings is 7. The third-order valence-corrected chi connectivity index (χ3v) is 14.5. The lowest BCUT2D eigenvalue weighted by Gasteiger charge is -2.17. The van der Waals surface area contributed by atoms with Gasteiger partial charge < -0.3 is 4.42 Å². The van der Waals surface area contributed by atoms with Gasteiger partial charge in [-0.3, -0.25) is 24.1 Å². The second-order valence-corrected chi connectivity index (χ2v) is 19.1. The summed E-state index contributed by atoms with van der Waals surface area (Å²) in [7, 11) is 0. The van der Waals surface area contributed by atoms with Gasteiger partial charge in [0.05, 0.1) is 28.5 Å². The molecule has 0 aliphatic rings. The lowest BCUT2D eigenvalue weighted by molar-refractivity contribution is 0.669. The van der Waals surface area contributed by atoms with Crippen LogP contribution in [0.5, 0.6) is 0 Å². The molecule has 7 aromatic carbocycles. The standard InChI is InChI=1S/C67H49N7O/c1-42-44(3)73(55-28-23-47(24-29-55)61-16-9-11-34-68-61)66(71-42)53-37-52(38-54(39-53)67-72-43(2)45(4)74(67)56-30-25-48(26-31-56)62-17-10-12-35-69-62)58-14-6-5-13-57(58)46-19-21-49(22-20-46)63-40-51(33-36-70-63)50-27-32-60-59-15-7-8-18-64(59)75-65(60)41-50/h5-41H,1-4H3. The molecule has 13 rings (SSSR count). The number of aromatic nitrogens is 7. The van der Waals surface area contributed by atoms with Gasteiger partial charge in [-0.1, -0.05) is 109 Å². The highest BCUT2D eigenvalue weighted by Crippen LogP contribution is 2.41. The molecule has 0 amide bonds. The molecule has 0 bridgehead atoms. The summed E-state index contributed by atoms with van der Waals surface area (Å²) in [6, 6.07) is 72.2. The Morgan fingerprint density at radius 2 is 0.773 bits per heavy atom. The molecule has 0 aliphatic carbocycles. The van der Waals surface area contributed by atoms with Crippen molar-refractivity contribution in [2.45, 2.75) is 27.7 Å². The van der Waals surface area contributed by atoms with Crippen LogP contribution < -0.4 is 0 Å². The number of hydrogen-bond acceptors (Lipinski definition) is 6. The largest absolute Gasteiger partial charge is 0.456 e. The second-order valence-electron chi connectivity index (χ2n) is 19.1. The summed E-state index contributed by atoms with van der Waals surface area (Å²) in [5.41, 5.74) is 22.2. The quantitative estimate of drug-likeness (QED) is 0.136. The summed E-state index contributed by atoms with van der Waals surface area (Å²) in [4.78, 5) is 24.7. The molecule has 6 heterocycles. The molecule has 13 aromatic rings. The molecule has 0 spiro atoms. The van der Waals surface area contributed by atoms with Crippen molar-refractivity contribution in [2.75, 3.05) is 0 Å². The first kappa shape index (κ1) is 45.1. The maximum atomic E-state index is 6.25. The highest BCUT2D eigenvalue weighted by atomic mass is 16.3. The van der Waals surface area contributed by atoms with E-state index < -0.39 is 0 Å². The van der Waals surface area contributed by atoms with Crippen LogP contribution in [0.3, 0.4) is 0 Å². The van der Waals surface area contributed by atoms with Gasteiger partial charge in [-0.25, -0.2) is 9.97 Å². The molecule has 0 fully saturated rings. The highest BCUT2D eigenvalue weighted by molar-refractivity contribution is 6.06. The topological polar surface area (TPSA) is 87.5 Å². The van der Waals surface area contributed by atoms with Gasteiger partial charge in [-0.2, -0.15) is 0 Å². The van der Waals surface area contributed by atoms with Crippen LogP contribution in [0.4, 0.5) is 0 Å². The molecule has 8 heteroatoms. The Bertz CT molecular complexity index is 4100. The van der Waals surface area contributed by atoms with Gasteiger partial charge in [0.1, 0.15) is 22.8 Å². The first-order valence-corrected chi connectivity index (χ1v) is 25.2. The summed E-state index contributed by atoms with van der Waals surface area (Å²) in [6.07, 6.45) is 5.55. The van der Waals surface area contributed by atoms with Gasteiger partial charge in [0.25, 0.3) is 0 Å². The van der Waals surface area contributed by atoms with E-state index in [-0.39, 0.29) is 0 Å². The molecule has 0 unspecified atom stereocenters. The molecule has 0 saturated heterocycles. The van der Waals surface area contributed by atoms with Gasteiger partial charge in [0.15, 0.2) is 0 Å². The first-order valence-electron chi connectivity index (χ1n) is 25.2. The first-order chi connectivity index (χ1) is 36.8. The van der Waals surface area contributed by atoms with Crippen LogP contribution in [-0.4, -0.2) is 34.1 Å². The van der Waals surface area contributed by atoms with E-state index in [0.29, 0.717) is 0 Å². The smallest absolute Gasteiger partial charge is 0.145 e. The molecule has 8 nitrogen and oxygen atoms in total. The monoisotopic (exact) mass is 967 g/mol. The summed E-state index contributed by atoms with van der Waals surface area (Å²) >= 11 is 0. The summed E-state index contributed by atoms with van der Waals surface area (Å²) in [5.74, 6) is 1.69. The number of para-hydroxylation sites is 1. The van der Waals surface area contributed by atoms with E-state index >= 15 is 0 Å². The molecule has 0 aliphatic heterocycles. The Morgan fingerprint density at radius 1 is 0.320 bits per heavy atom. The van der Waals surface area contributed by atoms with Crippen molar-refractivity contribution in [1.29, 1.82) is 0 Å². The maximum absolute atomic E-state index is 6.25.